The van der Waals surface area contributed by atoms with E-state index in [0.29, 0.717) is 11.5 Å². The Bertz CT molecular complexity index is 651. The molecule has 0 aromatic heterocycles. The fourth-order valence-electron chi connectivity index (χ4n) is 1.88. The van der Waals surface area contributed by atoms with E-state index in [1.165, 1.54) is 28.8 Å². The zero-order valence-corrected chi connectivity index (χ0v) is 17.7. The summed E-state index contributed by atoms with van der Waals surface area (Å²) in [6, 6.07) is 10.0. The first-order valence-corrected chi connectivity index (χ1v) is 14.7. The van der Waals surface area contributed by atoms with E-state index in [0.717, 1.165) is 23.8 Å². The average molecular weight is 445 g/mol. The van der Waals surface area contributed by atoms with Gasteiger partial charge in [-0.2, -0.15) is 23.5 Å². The zero-order chi connectivity index (χ0) is 18.8. The molecule has 0 N–H and O–H groups in total. The Morgan fingerprint density at radius 1 is 0.760 bits per heavy atom. The minimum atomic E-state index is -4.15. The van der Waals surface area contributed by atoms with E-state index >= 15 is 0 Å². The van der Waals surface area contributed by atoms with Gasteiger partial charge in [-0.1, -0.05) is 38.3 Å². The van der Waals surface area contributed by atoms with Crippen LogP contribution in [0.25, 0.3) is 0 Å². The van der Waals surface area contributed by atoms with Crippen LogP contribution in [0, 0.1) is 0 Å². The average Bonchev–Trinajstić information content (AvgIpc) is 2.51. The Morgan fingerprint density at radius 2 is 1.20 bits per heavy atom. The molecule has 1 rings (SSSR count). The van der Waals surface area contributed by atoms with Crippen molar-refractivity contribution in [2.24, 2.45) is 0 Å². The minimum Gasteiger partial charge on any atom is -0.748 e. The normalized spacial score (nSPS) is 12.6. The summed E-state index contributed by atoms with van der Waals surface area (Å²) in [5.41, 5.74) is 0. The molecule has 11 heteroatoms. The van der Waals surface area contributed by atoms with Crippen molar-refractivity contribution in [3.63, 3.8) is 0 Å². The largest absolute Gasteiger partial charge is 0.748 e. The molecule has 144 valence electrons. The lowest BCUT2D eigenvalue weighted by molar-refractivity contribution is 0.462. The fourth-order valence-corrected chi connectivity index (χ4v) is 9.00. The van der Waals surface area contributed by atoms with Gasteiger partial charge in [0, 0.05) is 23.0 Å². The van der Waals surface area contributed by atoms with Crippen LogP contribution in [0.2, 0.25) is 0 Å². The molecule has 0 spiro atoms. The lowest BCUT2D eigenvalue weighted by Gasteiger charge is -2.18. The van der Waals surface area contributed by atoms with Gasteiger partial charge >= 0.3 is 0 Å². The van der Waals surface area contributed by atoms with Crippen molar-refractivity contribution in [1.82, 2.24) is 0 Å². The van der Waals surface area contributed by atoms with Gasteiger partial charge in [-0.05, 0) is 29.1 Å². The van der Waals surface area contributed by atoms with Gasteiger partial charge in [0.1, 0.15) is 0 Å². The summed E-state index contributed by atoms with van der Waals surface area (Å²) in [7, 11) is -8.75. The second kappa shape index (κ2) is 11.8. The van der Waals surface area contributed by atoms with Gasteiger partial charge in [-0.25, -0.2) is 16.8 Å². The fraction of sp³-hybridized carbons (Fsp3) is 0.571. The molecule has 0 amide bonds. The quantitative estimate of drug-likeness (QED) is 0.254. The summed E-state index contributed by atoms with van der Waals surface area (Å²) < 4.78 is 63.5. The molecule has 0 radical (unpaired) electrons. The Labute approximate surface area is 159 Å². The van der Waals surface area contributed by atoms with Gasteiger partial charge in [0.15, 0.2) is 0 Å². The zero-order valence-electron chi connectivity index (χ0n) is 13.6. The summed E-state index contributed by atoms with van der Waals surface area (Å²) in [6.45, 7) is 0. The van der Waals surface area contributed by atoms with Crippen LogP contribution in [0.1, 0.15) is 0 Å². The van der Waals surface area contributed by atoms with Crippen LogP contribution >= 0.6 is 31.4 Å². The predicted molar refractivity (Wildman–Crippen MR) is 107 cm³/mol. The number of hydrogen-bond acceptors (Lipinski definition) is 8. The highest BCUT2D eigenvalue weighted by Gasteiger charge is 2.11. The van der Waals surface area contributed by atoms with Crippen molar-refractivity contribution in [2.75, 3.05) is 46.8 Å². The molecule has 0 aliphatic carbocycles. The van der Waals surface area contributed by atoms with Crippen LogP contribution in [0.5, 0.6) is 0 Å². The third kappa shape index (κ3) is 13.1. The van der Waals surface area contributed by atoms with Crippen molar-refractivity contribution >= 4 is 57.0 Å². The van der Waals surface area contributed by atoms with Gasteiger partial charge in [0.2, 0.25) is 0 Å². The number of thioether (sulfide) groups is 2. The lowest BCUT2D eigenvalue weighted by Crippen LogP contribution is -2.11. The molecular formula is C14H21O6PS4-2. The van der Waals surface area contributed by atoms with E-state index < -0.39 is 28.2 Å². The molecule has 1 aromatic carbocycles. The standard InChI is InChI=1S/C14H23O6PS4/c15-24(16,17)12-10-22-8-6-21(14-4-2-1-3-5-14)7-9-23-11-13-25(18,19)20/h1-5H,6-13H2,(H,15,16,17)(H,18,19,20)/p-2. The van der Waals surface area contributed by atoms with Gasteiger partial charge in [0.25, 0.3) is 0 Å². The third-order valence-corrected chi connectivity index (χ3v) is 10.1. The number of rotatable bonds is 13. The van der Waals surface area contributed by atoms with Crippen LogP contribution in [0.15, 0.2) is 30.3 Å². The second-order valence-corrected chi connectivity index (χ2v) is 13.1. The van der Waals surface area contributed by atoms with Crippen LogP contribution in [-0.2, 0) is 20.2 Å². The number of hydrogen-bond donors (Lipinski definition) is 0. The highest BCUT2D eigenvalue weighted by Crippen LogP contribution is 2.35. The first kappa shape index (κ1) is 23.2. The summed E-state index contributed by atoms with van der Waals surface area (Å²) in [5.74, 6) is 1.46. The van der Waals surface area contributed by atoms with Crippen molar-refractivity contribution in [3.8, 4) is 0 Å². The number of benzene rings is 1. The molecule has 0 saturated heterocycles. The van der Waals surface area contributed by atoms with Gasteiger partial charge in [-0.3, -0.25) is 0 Å². The molecule has 0 atom stereocenters. The van der Waals surface area contributed by atoms with E-state index in [4.69, 9.17) is 0 Å². The summed E-state index contributed by atoms with van der Waals surface area (Å²) >= 11 is 2.92. The lowest BCUT2D eigenvalue weighted by atomic mass is 10.4. The molecule has 0 heterocycles. The van der Waals surface area contributed by atoms with E-state index in [-0.39, 0.29) is 11.5 Å². The molecule has 0 unspecified atom stereocenters. The summed E-state index contributed by atoms with van der Waals surface area (Å²) in [5, 5.41) is 1.24. The molecule has 0 saturated carbocycles. The van der Waals surface area contributed by atoms with Crippen molar-refractivity contribution in [1.29, 1.82) is 0 Å². The van der Waals surface area contributed by atoms with E-state index in [1.807, 2.05) is 18.2 Å². The summed E-state index contributed by atoms with van der Waals surface area (Å²) in [6.07, 6.45) is 1.81. The Morgan fingerprint density at radius 3 is 1.60 bits per heavy atom. The Kier molecular flexibility index (Phi) is 10.9. The Hall–Kier alpha value is 0.170. The smallest absolute Gasteiger partial charge is 0.0954 e. The Balaban J connectivity index is 2.40. The van der Waals surface area contributed by atoms with Crippen molar-refractivity contribution < 1.29 is 25.9 Å². The van der Waals surface area contributed by atoms with Crippen molar-refractivity contribution in [3.05, 3.63) is 30.3 Å². The molecule has 6 nitrogen and oxygen atoms in total. The minimum absolute atomic E-state index is 0.305. The highest BCUT2D eigenvalue weighted by atomic mass is 32.2. The maximum absolute atomic E-state index is 10.6. The summed E-state index contributed by atoms with van der Waals surface area (Å²) in [4.78, 5) is 0. The van der Waals surface area contributed by atoms with Crippen LogP contribution in [-0.4, -0.2) is 72.8 Å². The van der Waals surface area contributed by atoms with E-state index in [1.54, 1.807) is 0 Å². The van der Waals surface area contributed by atoms with Crippen molar-refractivity contribution in [2.45, 2.75) is 0 Å². The molecular weight excluding hydrogens is 423 g/mol. The molecule has 1 aromatic rings. The molecule has 25 heavy (non-hydrogen) atoms. The van der Waals surface area contributed by atoms with Gasteiger partial charge in [0.05, 0.1) is 20.2 Å². The van der Waals surface area contributed by atoms with Crippen LogP contribution in [0.3, 0.4) is 0 Å². The predicted octanol–water partition coefficient (Wildman–Crippen LogP) is 1.35. The second-order valence-electron chi connectivity index (χ2n) is 5.07. The molecule has 0 bridgehead atoms. The van der Waals surface area contributed by atoms with Crippen LogP contribution < -0.4 is 5.30 Å². The van der Waals surface area contributed by atoms with Crippen LogP contribution in [0.4, 0.5) is 0 Å². The van der Waals surface area contributed by atoms with E-state index in [9.17, 15) is 25.9 Å². The SMILES string of the molecule is O=S(=O)([O-])CCSCCP(CCSCCS(=O)(=O)[O-])c1ccccc1. The first-order valence-electron chi connectivity index (χ1n) is 7.50. The maximum Gasteiger partial charge on any atom is 0.0954 e. The van der Waals surface area contributed by atoms with Gasteiger partial charge < -0.3 is 9.11 Å². The monoisotopic (exact) mass is 444 g/mol. The third-order valence-electron chi connectivity index (χ3n) is 3.09. The topological polar surface area (TPSA) is 114 Å². The molecule has 0 aliphatic heterocycles. The molecule has 0 fully saturated rings. The van der Waals surface area contributed by atoms with Gasteiger partial charge in [-0.15, -0.1) is 0 Å². The maximum atomic E-state index is 10.6. The first-order chi connectivity index (χ1) is 11.7. The van der Waals surface area contributed by atoms with E-state index in [2.05, 4.69) is 12.1 Å². The highest BCUT2D eigenvalue weighted by molar-refractivity contribution is 8.01. The molecule has 0 aliphatic rings.